The minimum atomic E-state index is -0.887. The summed E-state index contributed by atoms with van der Waals surface area (Å²) in [6, 6.07) is 9.46. The van der Waals surface area contributed by atoms with E-state index in [2.05, 4.69) is 4.74 Å². The van der Waals surface area contributed by atoms with Gasteiger partial charge in [0, 0.05) is 6.42 Å². The van der Waals surface area contributed by atoms with Crippen molar-refractivity contribution in [1.29, 1.82) is 0 Å². The lowest BCUT2D eigenvalue weighted by atomic mass is 10.1. The third-order valence-electron chi connectivity index (χ3n) is 2.39. The van der Waals surface area contributed by atoms with Crippen LogP contribution in [0.3, 0.4) is 0 Å². The van der Waals surface area contributed by atoms with Gasteiger partial charge in [-0.1, -0.05) is 42.5 Å². The summed E-state index contributed by atoms with van der Waals surface area (Å²) in [5.74, 6) is -0.879. The lowest BCUT2D eigenvalue weighted by Gasteiger charge is -2.04. The summed E-state index contributed by atoms with van der Waals surface area (Å²) in [4.78, 5) is 22.5. The van der Waals surface area contributed by atoms with E-state index in [0.717, 1.165) is 5.56 Å². The number of carbonyl (C=O) groups is 2. The second-order valence-corrected chi connectivity index (χ2v) is 4.06. The van der Waals surface area contributed by atoms with E-state index in [9.17, 15) is 14.7 Å². The number of esters is 1. The highest BCUT2D eigenvalue weighted by atomic mass is 16.5. The van der Waals surface area contributed by atoms with Crippen LogP contribution in [0.1, 0.15) is 25.3 Å². The molecule has 4 heteroatoms. The Morgan fingerprint density at radius 2 is 2.00 bits per heavy atom. The van der Waals surface area contributed by atoms with Gasteiger partial charge < -0.3 is 9.84 Å². The van der Waals surface area contributed by atoms with Crippen LogP contribution in [-0.2, 0) is 14.3 Å². The lowest BCUT2D eigenvalue weighted by Crippen LogP contribution is -2.16. The number of ether oxygens (including phenoxy) is 1. The average molecular weight is 262 g/mol. The van der Waals surface area contributed by atoms with Crippen molar-refractivity contribution < 1.29 is 19.4 Å². The first-order valence-corrected chi connectivity index (χ1v) is 6.20. The van der Waals surface area contributed by atoms with Gasteiger partial charge in [0.15, 0.2) is 0 Å². The molecular formula is C15H18O4. The topological polar surface area (TPSA) is 63.6 Å². The van der Waals surface area contributed by atoms with Crippen molar-refractivity contribution in [1.82, 2.24) is 0 Å². The maximum atomic E-state index is 11.5. The van der Waals surface area contributed by atoms with Crippen LogP contribution < -0.4 is 0 Å². The molecule has 0 aliphatic carbocycles. The van der Waals surface area contributed by atoms with Crippen LogP contribution in [0, 0.1) is 0 Å². The van der Waals surface area contributed by atoms with Crippen molar-refractivity contribution in [3.05, 3.63) is 42.0 Å². The highest BCUT2D eigenvalue weighted by Crippen LogP contribution is 2.05. The third kappa shape index (κ3) is 6.52. The first-order chi connectivity index (χ1) is 9.11. The van der Waals surface area contributed by atoms with Gasteiger partial charge in [-0.15, -0.1) is 0 Å². The summed E-state index contributed by atoms with van der Waals surface area (Å²) in [6.45, 7) is 1.93. The summed E-state index contributed by atoms with van der Waals surface area (Å²) in [5.41, 5.74) is 0.944. The minimum Gasteiger partial charge on any atom is -0.466 e. The number of ketones is 1. The zero-order valence-electron chi connectivity index (χ0n) is 10.9. The van der Waals surface area contributed by atoms with Crippen LogP contribution in [0.25, 0.3) is 6.08 Å². The second-order valence-electron chi connectivity index (χ2n) is 4.06. The van der Waals surface area contributed by atoms with Crippen molar-refractivity contribution in [2.45, 2.75) is 25.9 Å². The van der Waals surface area contributed by atoms with E-state index in [1.54, 1.807) is 19.1 Å². The molecule has 0 aromatic heterocycles. The monoisotopic (exact) mass is 262 g/mol. The summed E-state index contributed by atoms with van der Waals surface area (Å²) < 4.78 is 4.66. The number of aliphatic hydroxyl groups excluding tert-OH is 1. The molecule has 0 aliphatic heterocycles. The fourth-order valence-corrected chi connectivity index (χ4v) is 1.53. The molecule has 19 heavy (non-hydrogen) atoms. The van der Waals surface area contributed by atoms with Gasteiger partial charge in [0.1, 0.15) is 12.2 Å². The maximum Gasteiger partial charge on any atom is 0.313 e. The largest absolute Gasteiger partial charge is 0.466 e. The Morgan fingerprint density at radius 1 is 1.32 bits per heavy atom. The van der Waals surface area contributed by atoms with E-state index in [1.165, 1.54) is 0 Å². The SMILES string of the molecule is CCOC(=O)CC(=O)C[C@@H](O)/C=C/c1ccccc1. The predicted molar refractivity (Wildman–Crippen MR) is 72.4 cm³/mol. The van der Waals surface area contributed by atoms with E-state index < -0.39 is 12.1 Å². The van der Waals surface area contributed by atoms with Gasteiger partial charge in [-0.25, -0.2) is 0 Å². The summed E-state index contributed by atoms with van der Waals surface area (Å²) in [7, 11) is 0. The zero-order valence-corrected chi connectivity index (χ0v) is 10.9. The van der Waals surface area contributed by atoms with E-state index in [1.807, 2.05) is 30.3 Å². The molecule has 0 saturated carbocycles. The molecule has 0 radical (unpaired) electrons. The van der Waals surface area contributed by atoms with Gasteiger partial charge in [0.2, 0.25) is 0 Å². The first kappa shape index (κ1) is 15.1. The Morgan fingerprint density at radius 3 is 2.63 bits per heavy atom. The maximum absolute atomic E-state index is 11.5. The highest BCUT2D eigenvalue weighted by Gasteiger charge is 2.13. The second kappa shape index (κ2) is 8.21. The molecule has 0 bridgehead atoms. The van der Waals surface area contributed by atoms with Gasteiger partial charge in [0.05, 0.1) is 12.7 Å². The molecule has 0 fully saturated rings. The first-order valence-electron chi connectivity index (χ1n) is 6.20. The fraction of sp³-hybridized carbons (Fsp3) is 0.333. The molecule has 0 amide bonds. The van der Waals surface area contributed by atoms with Crippen molar-refractivity contribution in [2.75, 3.05) is 6.61 Å². The minimum absolute atomic E-state index is 0.0812. The van der Waals surface area contributed by atoms with Gasteiger partial charge >= 0.3 is 5.97 Å². The van der Waals surface area contributed by atoms with Crippen molar-refractivity contribution in [3.8, 4) is 0 Å². The normalized spacial score (nSPS) is 12.3. The zero-order chi connectivity index (χ0) is 14.1. The Balaban J connectivity index is 2.38. The number of hydrogen-bond acceptors (Lipinski definition) is 4. The van der Waals surface area contributed by atoms with Crippen LogP contribution in [0.15, 0.2) is 36.4 Å². The summed E-state index contributed by atoms with van der Waals surface area (Å²) >= 11 is 0. The Labute approximate surface area is 112 Å². The molecule has 0 aliphatic rings. The number of benzene rings is 1. The molecule has 0 unspecified atom stereocenters. The highest BCUT2D eigenvalue weighted by molar-refractivity contribution is 5.95. The number of rotatable bonds is 7. The summed E-state index contributed by atoms with van der Waals surface area (Å²) in [5, 5.41) is 9.66. The molecule has 1 aromatic carbocycles. The number of aliphatic hydroxyl groups is 1. The Kier molecular flexibility index (Phi) is 6.53. The van der Waals surface area contributed by atoms with Crippen LogP contribution in [-0.4, -0.2) is 29.6 Å². The number of carbonyl (C=O) groups excluding carboxylic acids is 2. The van der Waals surface area contributed by atoms with Gasteiger partial charge in [-0.05, 0) is 12.5 Å². The van der Waals surface area contributed by atoms with Crippen LogP contribution in [0.4, 0.5) is 0 Å². The quantitative estimate of drug-likeness (QED) is 0.603. The fourth-order valence-electron chi connectivity index (χ4n) is 1.53. The van der Waals surface area contributed by atoms with E-state index in [4.69, 9.17) is 0 Å². The van der Waals surface area contributed by atoms with E-state index in [-0.39, 0.29) is 25.2 Å². The molecule has 0 spiro atoms. The molecule has 1 atom stereocenters. The van der Waals surface area contributed by atoms with Gasteiger partial charge in [-0.3, -0.25) is 9.59 Å². The van der Waals surface area contributed by atoms with E-state index in [0.29, 0.717) is 0 Å². The van der Waals surface area contributed by atoms with Gasteiger partial charge in [-0.2, -0.15) is 0 Å². The van der Waals surface area contributed by atoms with Crippen molar-refractivity contribution in [3.63, 3.8) is 0 Å². The van der Waals surface area contributed by atoms with Crippen LogP contribution in [0.2, 0.25) is 0 Å². The summed E-state index contributed by atoms with van der Waals surface area (Å²) in [6.07, 6.45) is 2.02. The molecule has 4 nitrogen and oxygen atoms in total. The lowest BCUT2D eigenvalue weighted by molar-refractivity contribution is -0.145. The Bertz CT molecular complexity index is 437. The smallest absolute Gasteiger partial charge is 0.313 e. The predicted octanol–water partition coefficient (Wildman–Crippen LogP) is 1.97. The average Bonchev–Trinajstić information content (AvgIpc) is 2.37. The molecule has 0 saturated heterocycles. The standard InChI is InChI=1S/C15H18O4/c1-2-19-15(18)11-14(17)10-13(16)9-8-12-6-4-3-5-7-12/h3-9,13,16H,2,10-11H2,1H3/b9-8+/t13-/m0/s1. The molecule has 1 N–H and O–H groups in total. The number of hydrogen-bond donors (Lipinski definition) is 1. The van der Waals surface area contributed by atoms with Crippen molar-refractivity contribution >= 4 is 17.8 Å². The van der Waals surface area contributed by atoms with E-state index >= 15 is 0 Å². The van der Waals surface area contributed by atoms with Crippen LogP contribution in [0.5, 0.6) is 0 Å². The third-order valence-corrected chi connectivity index (χ3v) is 2.39. The van der Waals surface area contributed by atoms with Gasteiger partial charge in [0.25, 0.3) is 0 Å². The molecular weight excluding hydrogens is 244 g/mol. The Hall–Kier alpha value is -1.94. The van der Waals surface area contributed by atoms with Crippen LogP contribution >= 0.6 is 0 Å². The molecule has 102 valence electrons. The molecule has 1 aromatic rings. The molecule has 0 heterocycles. The molecule has 1 rings (SSSR count). The van der Waals surface area contributed by atoms with Crippen molar-refractivity contribution in [2.24, 2.45) is 0 Å². The number of Topliss-reactive ketones (excluding diaryl/α,β-unsaturated/α-hetero) is 1.